The van der Waals surface area contributed by atoms with Crippen LogP contribution in [0.15, 0.2) is 0 Å². The minimum absolute atomic E-state index is 0. The van der Waals surface area contributed by atoms with E-state index >= 15 is 0 Å². The van der Waals surface area contributed by atoms with E-state index in [0.29, 0.717) is 32.2 Å². The number of methoxy groups -OCH3 is 2. The molecule has 1 heterocycles. The standard InChI is InChI=1S/C13H26N2O3S.ClH/c1-17-7-3-5-15(6-8-18-2)13(16)10-12-11-19-9-4-14-12;/h12,14H,3-11H2,1-2H3;1H. The zero-order valence-corrected chi connectivity index (χ0v) is 14.1. The normalized spacial score (nSPS) is 18.4. The van der Waals surface area contributed by atoms with Crippen LogP contribution in [0.5, 0.6) is 0 Å². The predicted molar refractivity (Wildman–Crippen MR) is 85.9 cm³/mol. The number of nitrogens with zero attached hydrogens (tertiary/aromatic N) is 1. The Bertz CT molecular complexity index is 254. The minimum Gasteiger partial charge on any atom is -0.385 e. The number of hydrogen-bond donors (Lipinski definition) is 1. The van der Waals surface area contributed by atoms with E-state index in [-0.39, 0.29) is 18.3 Å². The zero-order valence-electron chi connectivity index (χ0n) is 12.4. The summed E-state index contributed by atoms with van der Waals surface area (Å²) in [6.07, 6.45) is 1.46. The lowest BCUT2D eigenvalue weighted by Gasteiger charge is -2.27. The van der Waals surface area contributed by atoms with Gasteiger partial charge < -0.3 is 19.7 Å². The van der Waals surface area contributed by atoms with Gasteiger partial charge in [0.1, 0.15) is 0 Å². The van der Waals surface area contributed by atoms with E-state index in [0.717, 1.165) is 31.0 Å². The van der Waals surface area contributed by atoms with E-state index in [1.54, 1.807) is 14.2 Å². The van der Waals surface area contributed by atoms with Crippen LogP contribution in [-0.2, 0) is 14.3 Å². The van der Waals surface area contributed by atoms with Crippen LogP contribution in [0.3, 0.4) is 0 Å². The number of carbonyl (C=O) groups excluding carboxylic acids is 1. The average Bonchev–Trinajstić information content (AvgIpc) is 2.43. The van der Waals surface area contributed by atoms with Crippen LogP contribution in [0.2, 0.25) is 0 Å². The Hall–Kier alpha value is -0.0100. The van der Waals surface area contributed by atoms with Gasteiger partial charge in [-0.05, 0) is 6.42 Å². The Morgan fingerprint density at radius 1 is 1.30 bits per heavy atom. The Morgan fingerprint density at radius 3 is 2.65 bits per heavy atom. The largest absolute Gasteiger partial charge is 0.385 e. The van der Waals surface area contributed by atoms with Crippen molar-refractivity contribution in [2.24, 2.45) is 0 Å². The molecule has 0 aromatic heterocycles. The summed E-state index contributed by atoms with van der Waals surface area (Å²) in [6.45, 7) is 3.69. The van der Waals surface area contributed by atoms with Gasteiger partial charge in [0.25, 0.3) is 0 Å². The van der Waals surface area contributed by atoms with E-state index in [2.05, 4.69) is 5.32 Å². The first kappa shape index (κ1) is 20.0. The lowest BCUT2D eigenvalue weighted by Crippen LogP contribution is -2.43. The van der Waals surface area contributed by atoms with Gasteiger partial charge >= 0.3 is 0 Å². The molecule has 5 nitrogen and oxygen atoms in total. The number of amides is 1. The number of hydrogen-bond acceptors (Lipinski definition) is 5. The third kappa shape index (κ3) is 8.32. The summed E-state index contributed by atoms with van der Waals surface area (Å²) >= 11 is 1.92. The summed E-state index contributed by atoms with van der Waals surface area (Å²) in [5.74, 6) is 2.39. The SMILES string of the molecule is COCCCN(CCOC)C(=O)CC1CSCCN1.Cl. The predicted octanol–water partition coefficient (Wildman–Crippen LogP) is 1.01. The number of halogens is 1. The van der Waals surface area contributed by atoms with Crippen LogP contribution in [-0.4, -0.2) is 75.4 Å². The fraction of sp³-hybridized carbons (Fsp3) is 0.923. The molecule has 0 saturated carbocycles. The van der Waals surface area contributed by atoms with Crippen LogP contribution in [0.4, 0.5) is 0 Å². The van der Waals surface area contributed by atoms with E-state index in [1.807, 2.05) is 16.7 Å². The number of thioether (sulfide) groups is 1. The molecule has 0 bridgehead atoms. The Labute approximate surface area is 132 Å². The number of ether oxygens (including phenoxy) is 2. The van der Waals surface area contributed by atoms with Crippen molar-refractivity contribution in [2.45, 2.75) is 18.9 Å². The van der Waals surface area contributed by atoms with Gasteiger partial charge in [0.15, 0.2) is 0 Å². The molecule has 1 unspecified atom stereocenters. The monoisotopic (exact) mass is 326 g/mol. The summed E-state index contributed by atoms with van der Waals surface area (Å²) in [4.78, 5) is 14.2. The molecular weight excluding hydrogens is 300 g/mol. The molecule has 0 aromatic carbocycles. The molecule has 0 aliphatic carbocycles. The molecule has 20 heavy (non-hydrogen) atoms. The maximum atomic E-state index is 12.3. The van der Waals surface area contributed by atoms with Gasteiger partial charge in [0.05, 0.1) is 6.61 Å². The first-order chi connectivity index (χ1) is 9.27. The summed E-state index contributed by atoms with van der Waals surface area (Å²) in [5.41, 5.74) is 0. The van der Waals surface area contributed by atoms with E-state index in [9.17, 15) is 4.79 Å². The molecule has 1 fully saturated rings. The number of rotatable bonds is 9. The highest BCUT2D eigenvalue weighted by Gasteiger charge is 2.20. The van der Waals surface area contributed by atoms with Gasteiger partial charge in [-0.1, -0.05) is 0 Å². The third-order valence-electron chi connectivity index (χ3n) is 3.11. The second kappa shape index (κ2) is 12.7. The quantitative estimate of drug-likeness (QED) is 0.641. The van der Waals surface area contributed by atoms with Gasteiger partial charge in [-0.3, -0.25) is 4.79 Å². The van der Waals surface area contributed by atoms with E-state index in [1.165, 1.54) is 0 Å². The molecule has 1 N–H and O–H groups in total. The molecule has 1 aliphatic rings. The second-order valence-corrected chi connectivity index (χ2v) is 5.80. The van der Waals surface area contributed by atoms with Crippen LogP contribution in [0, 0.1) is 0 Å². The minimum atomic E-state index is 0. The van der Waals surface area contributed by atoms with Crippen LogP contribution in [0.1, 0.15) is 12.8 Å². The van der Waals surface area contributed by atoms with Crippen molar-refractivity contribution in [3.63, 3.8) is 0 Å². The van der Waals surface area contributed by atoms with Crippen molar-refractivity contribution in [3.8, 4) is 0 Å². The Morgan fingerprint density at radius 2 is 2.05 bits per heavy atom. The first-order valence-electron chi connectivity index (χ1n) is 6.84. The van der Waals surface area contributed by atoms with Crippen molar-refractivity contribution >= 4 is 30.1 Å². The fourth-order valence-corrected chi connectivity index (χ4v) is 3.00. The van der Waals surface area contributed by atoms with Gasteiger partial charge in [-0.25, -0.2) is 0 Å². The topological polar surface area (TPSA) is 50.8 Å². The van der Waals surface area contributed by atoms with Crippen molar-refractivity contribution < 1.29 is 14.3 Å². The molecule has 7 heteroatoms. The first-order valence-corrected chi connectivity index (χ1v) is 8.00. The average molecular weight is 327 g/mol. The molecule has 0 radical (unpaired) electrons. The molecule has 1 aliphatic heterocycles. The van der Waals surface area contributed by atoms with E-state index < -0.39 is 0 Å². The maximum Gasteiger partial charge on any atom is 0.224 e. The second-order valence-electron chi connectivity index (χ2n) is 4.65. The Kier molecular flexibility index (Phi) is 12.7. The summed E-state index contributed by atoms with van der Waals surface area (Å²) in [5, 5.41) is 3.40. The van der Waals surface area contributed by atoms with Crippen molar-refractivity contribution in [2.75, 3.05) is 58.6 Å². The van der Waals surface area contributed by atoms with Gasteiger partial charge in [-0.2, -0.15) is 11.8 Å². The van der Waals surface area contributed by atoms with Gasteiger partial charge in [0.2, 0.25) is 5.91 Å². The molecule has 0 spiro atoms. The molecule has 1 rings (SSSR count). The van der Waals surface area contributed by atoms with Gasteiger partial charge in [-0.15, -0.1) is 12.4 Å². The zero-order chi connectivity index (χ0) is 13.9. The summed E-state index contributed by atoms with van der Waals surface area (Å²) in [7, 11) is 3.35. The molecule has 1 amide bonds. The van der Waals surface area contributed by atoms with Crippen molar-refractivity contribution in [3.05, 3.63) is 0 Å². The summed E-state index contributed by atoms with van der Waals surface area (Å²) in [6, 6.07) is 0.318. The van der Waals surface area contributed by atoms with Gasteiger partial charge in [0, 0.05) is 64.4 Å². The van der Waals surface area contributed by atoms with Crippen LogP contribution in [0.25, 0.3) is 0 Å². The fourth-order valence-electron chi connectivity index (χ4n) is 2.05. The lowest BCUT2D eigenvalue weighted by molar-refractivity contribution is -0.132. The van der Waals surface area contributed by atoms with Crippen molar-refractivity contribution in [1.82, 2.24) is 10.2 Å². The maximum absolute atomic E-state index is 12.3. The molecule has 1 atom stereocenters. The molecule has 120 valence electrons. The highest BCUT2D eigenvalue weighted by molar-refractivity contribution is 7.99. The molecular formula is C13H27ClN2O3S. The van der Waals surface area contributed by atoms with Crippen molar-refractivity contribution in [1.29, 1.82) is 0 Å². The van der Waals surface area contributed by atoms with E-state index in [4.69, 9.17) is 9.47 Å². The summed E-state index contributed by atoms with van der Waals surface area (Å²) < 4.78 is 10.1. The molecule has 0 aromatic rings. The highest BCUT2D eigenvalue weighted by Crippen LogP contribution is 2.11. The van der Waals surface area contributed by atoms with Crippen LogP contribution >= 0.6 is 24.2 Å². The number of carbonyl (C=O) groups is 1. The number of nitrogens with one attached hydrogen (secondary N) is 1. The molecule has 1 saturated heterocycles. The van der Waals surface area contributed by atoms with Crippen LogP contribution < -0.4 is 5.32 Å². The lowest BCUT2D eigenvalue weighted by atomic mass is 10.2. The Balaban J connectivity index is 0.00000361. The highest BCUT2D eigenvalue weighted by atomic mass is 35.5. The third-order valence-corrected chi connectivity index (χ3v) is 4.24. The smallest absolute Gasteiger partial charge is 0.224 e.